The quantitative estimate of drug-likeness (QED) is 0.326. The molecule has 0 fully saturated rings. The number of fused-ring (bicyclic) bond motifs is 1. The fourth-order valence-electron chi connectivity index (χ4n) is 4.29. The van der Waals surface area contributed by atoms with Gasteiger partial charge in [0.2, 0.25) is 11.8 Å². The summed E-state index contributed by atoms with van der Waals surface area (Å²) in [6, 6.07) is 16.4. The van der Waals surface area contributed by atoms with Crippen molar-refractivity contribution in [1.82, 2.24) is 29.3 Å². The van der Waals surface area contributed by atoms with Gasteiger partial charge in [-0.1, -0.05) is 30.3 Å². The van der Waals surface area contributed by atoms with Crippen molar-refractivity contribution in [2.75, 3.05) is 12.4 Å². The topological polar surface area (TPSA) is 99.8 Å². The summed E-state index contributed by atoms with van der Waals surface area (Å²) < 4.78 is 9.25. The van der Waals surface area contributed by atoms with Gasteiger partial charge < -0.3 is 9.30 Å². The first-order valence-corrected chi connectivity index (χ1v) is 12.6. The maximum absolute atomic E-state index is 13.2. The number of carbonyl (C=O) groups excluding carboxylic acids is 1. The zero-order valence-electron chi connectivity index (χ0n) is 20.6. The Kier molecular flexibility index (Phi) is 6.51. The zero-order valence-corrected chi connectivity index (χ0v) is 21.4. The van der Waals surface area contributed by atoms with Crippen molar-refractivity contribution in [2.24, 2.45) is 0 Å². The molecular weight excluding hydrogens is 474 g/mol. The minimum atomic E-state index is -0.394. The van der Waals surface area contributed by atoms with Gasteiger partial charge in [-0.2, -0.15) is 4.98 Å². The number of aromatic nitrogens is 6. The number of ether oxygens (including phenoxy) is 1. The highest BCUT2D eigenvalue weighted by Crippen LogP contribution is 2.37. The van der Waals surface area contributed by atoms with Gasteiger partial charge in [-0.25, -0.2) is 9.97 Å². The monoisotopic (exact) mass is 501 g/mol. The standard InChI is InChI=1S/C26H27N7O2S/c1-5-32-15-27-26(31-32)30-24(34)18-14-19-22(29-25(18)35-4)28-23(33(19)6-2)21(17-10-8-7-9-11-17)20-13-12-16(3)36-20/h7-15,21H,5-6H2,1-4H3,(H,30,31,34). The van der Waals surface area contributed by atoms with Gasteiger partial charge in [-0.15, -0.1) is 16.4 Å². The number of aryl methyl sites for hydroxylation is 3. The van der Waals surface area contributed by atoms with E-state index in [4.69, 9.17) is 9.72 Å². The maximum Gasteiger partial charge on any atom is 0.263 e. The van der Waals surface area contributed by atoms with Crippen LogP contribution in [0.25, 0.3) is 11.2 Å². The molecule has 0 spiro atoms. The molecule has 0 saturated heterocycles. The predicted octanol–water partition coefficient (Wildman–Crippen LogP) is 4.87. The summed E-state index contributed by atoms with van der Waals surface area (Å²) in [6.45, 7) is 7.44. The van der Waals surface area contributed by atoms with Crippen LogP contribution in [0.4, 0.5) is 5.95 Å². The van der Waals surface area contributed by atoms with Crippen LogP contribution in [-0.4, -0.2) is 42.3 Å². The van der Waals surface area contributed by atoms with Crippen molar-refractivity contribution >= 4 is 34.4 Å². The number of amides is 1. The van der Waals surface area contributed by atoms with Gasteiger partial charge >= 0.3 is 0 Å². The number of anilines is 1. The SMILES string of the molecule is CCn1cnc(NC(=O)c2cc3c(nc2OC)nc(C(c2ccccc2)c2ccc(C)s2)n3CC)n1. The van der Waals surface area contributed by atoms with Crippen molar-refractivity contribution in [3.8, 4) is 5.88 Å². The molecule has 1 atom stereocenters. The van der Waals surface area contributed by atoms with Crippen molar-refractivity contribution in [2.45, 2.75) is 39.8 Å². The Morgan fingerprint density at radius 3 is 2.56 bits per heavy atom. The Morgan fingerprint density at radius 1 is 1.11 bits per heavy atom. The lowest BCUT2D eigenvalue weighted by Gasteiger charge is -2.17. The molecule has 184 valence electrons. The molecule has 0 aliphatic heterocycles. The summed E-state index contributed by atoms with van der Waals surface area (Å²) in [5.74, 6) is 0.839. The lowest BCUT2D eigenvalue weighted by atomic mass is 9.96. The minimum absolute atomic E-state index is 0.0653. The average molecular weight is 502 g/mol. The lowest BCUT2D eigenvalue weighted by Crippen LogP contribution is -2.15. The molecule has 0 aliphatic rings. The number of hydrogen-bond acceptors (Lipinski definition) is 7. The summed E-state index contributed by atoms with van der Waals surface area (Å²) in [7, 11) is 1.49. The first kappa shape index (κ1) is 23.7. The van der Waals surface area contributed by atoms with E-state index in [-0.39, 0.29) is 17.7 Å². The summed E-state index contributed by atoms with van der Waals surface area (Å²) in [6.07, 6.45) is 1.57. The number of nitrogens with zero attached hydrogens (tertiary/aromatic N) is 6. The fourth-order valence-corrected chi connectivity index (χ4v) is 5.29. The van der Waals surface area contributed by atoms with Gasteiger partial charge in [-0.3, -0.25) is 14.8 Å². The highest BCUT2D eigenvalue weighted by molar-refractivity contribution is 7.12. The number of carbonyl (C=O) groups is 1. The molecule has 0 bridgehead atoms. The number of rotatable bonds is 8. The molecule has 10 heteroatoms. The molecule has 1 aromatic carbocycles. The molecule has 0 saturated carbocycles. The Balaban J connectivity index is 1.63. The molecule has 1 unspecified atom stereocenters. The molecule has 0 aliphatic carbocycles. The molecule has 5 aromatic rings. The van der Waals surface area contributed by atoms with E-state index in [1.807, 2.05) is 25.1 Å². The molecular formula is C26H27N7O2S. The van der Waals surface area contributed by atoms with Crippen molar-refractivity contribution in [3.05, 3.63) is 81.6 Å². The van der Waals surface area contributed by atoms with Crippen molar-refractivity contribution < 1.29 is 9.53 Å². The number of methoxy groups -OCH3 is 1. The van der Waals surface area contributed by atoms with Crippen LogP contribution in [0.2, 0.25) is 0 Å². The van der Waals surface area contributed by atoms with Crippen molar-refractivity contribution in [3.63, 3.8) is 0 Å². The third-order valence-corrected chi connectivity index (χ3v) is 7.08. The highest BCUT2D eigenvalue weighted by atomic mass is 32.1. The second-order valence-electron chi connectivity index (χ2n) is 8.27. The Bertz CT molecular complexity index is 1520. The van der Waals surface area contributed by atoms with Crippen LogP contribution in [0.5, 0.6) is 5.88 Å². The van der Waals surface area contributed by atoms with Gasteiger partial charge in [0, 0.05) is 22.8 Å². The number of imidazole rings is 1. The number of thiophene rings is 1. The van der Waals surface area contributed by atoms with E-state index in [9.17, 15) is 4.79 Å². The van der Waals surface area contributed by atoms with E-state index in [0.29, 0.717) is 24.3 Å². The summed E-state index contributed by atoms with van der Waals surface area (Å²) in [4.78, 5) is 29.4. The van der Waals surface area contributed by atoms with E-state index in [1.165, 1.54) is 16.9 Å². The van der Waals surface area contributed by atoms with E-state index in [1.54, 1.807) is 28.4 Å². The van der Waals surface area contributed by atoms with Gasteiger partial charge in [0.25, 0.3) is 5.91 Å². The van der Waals surface area contributed by atoms with Gasteiger partial charge in [0.1, 0.15) is 17.7 Å². The number of pyridine rings is 1. The van der Waals surface area contributed by atoms with Gasteiger partial charge in [0.15, 0.2) is 5.65 Å². The summed E-state index contributed by atoms with van der Waals surface area (Å²) >= 11 is 1.76. The van der Waals surface area contributed by atoms with E-state index >= 15 is 0 Å². The molecule has 4 heterocycles. The molecule has 1 N–H and O–H groups in total. The molecule has 9 nitrogen and oxygen atoms in total. The van der Waals surface area contributed by atoms with Crippen LogP contribution in [-0.2, 0) is 13.1 Å². The van der Waals surface area contributed by atoms with E-state index in [0.717, 1.165) is 16.9 Å². The van der Waals surface area contributed by atoms with Crippen LogP contribution < -0.4 is 10.1 Å². The van der Waals surface area contributed by atoms with Crippen LogP contribution in [0.15, 0.2) is 54.9 Å². The molecule has 5 rings (SSSR count). The summed E-state index contributed by atoms with van der Waals surface area (Å²) in [5, 5.41) is 6.98. The predicted molar refractivity (Wildman–Crippen MR) is 140 cm³/mol. The van der Waals surface area contributed by atoms with E-state index in [2.05, 4.69) is 63.1 Å². The van der Waals surface area contributed by atoms with Gasteiger partial charge in [0.05, 0.1) is 18.5 Å². The highest BCUT2D eigenvalue weighted by Gasteiger charge is 2.27. The largest absolute Gasteiger partial charge is 0.480 e. The molecule has 0 radical (unpaired) electrons. The third-order valence-electron chi connectivity index (χ3n) is 6.01. The van der Waals surface area contributed by atoms with Crippen LogP contribution in [0.1, 0.15) is 51.3 Å². The first-order valence-electron chi connectivity index (χ1n) is 11.8. The zero-order chi connectivity index (χ0) is 25.2. The van der Waals surface area contributed by atoms with Crippen LogP contribution >= 0.6 is 11.3 Å². The smallest absolute Gasteiger partial charge is 0.263 e. The Morgan fingerprint density at radius 2 is 1.92 bits per heavy atom. The second-order valence-corrected chi connectivity index (χ2v) is 9.59. The normalized spacial score (nSPS) is 12.1. The molecule has 36 heavy (non-hydrogen) atoms. The Labute approximate surface area is 212 Å². The van der Waals surface area contributed by atoms with Crippen LogP contribution in [0, 0.1) is 6.92 Å². The fraction of sp³-hybridized carbons (Fsp3) is 0.269. The van der Waals surface area contributed by atoms with E-state index < -0.39 is 5.91 Å². The lowest BCUT2D eigenvalue weighted by molar-refractivity contribution is 0.102. The minimum Gasteiger partial charge on any atom is -0.480 e. The van der Waals surface area contributed by atoms with Crippen molar-refractivity contribution in [1.29, 1.82) is 0 Å². The maximum atomic E-state index is 13.2. The first-order chi connectivity index (χ1) is 17.5. The number of nitrogens with one attached hydrogen (secondary N) is 1. The number of benzene rings is 1. The average Bonchev–Trinajstić information content (AvgIpc) is 3.62. The molecule has 1 amide bonds. The number of hydrogen-bond donors (Lipinski definition) is 1. The molecule has 4 aromatic heterocycles. The second kappa shape index (κ2) is 9.90. The Hall–Kier alpha value is -4.05. The third kappa shape index (κ3) is 4.35. The summed E-state index contributed by atoms with van der Waals surface area (Å²) in [5.41, 5.74) is 2.73. The van der Waals surface area contributed by atoms with Crippen LogP contribution in [0.3, 0.4) is 0 Å². The van der Waals surface area contributed by atoms with Gasteiger partial charge in [-0.05, 0) is 44.5 Å².